The van der Waals surface area contributed by atoms with Crippen LogP contribution in [0.1, 0.15) is 25.0 Å². The molecule has 0 bridgehead atoms. The van der Waals surface area contributed by atoms with Gasteiger partial charge < -0.3 is 0 Å². The summed E-state index contributed by atoms with van der Waals surface area (Å²) in [6.07, 6.45) is 0. The van der Waals surface area contributed by atoms with Gasteiger partial charge in [-0.1, -0.05) is 31.5 Å². The molecule has 0 aliphatic carbocycles. The fourth-order valence-electron chi connectivity index (χ4n) is 2.03. The van der Waals surface area contributed by atoms with Crippen LogP contribution in [0.4, 0.5) is 0 Å². The van der Waals surface area contributed by atoms with Gasteiger partial charge in [0.05, 0.1) is 0 Å². The molecule has 4 heteroatoms. The van der Waals surface area contributed by atoms with Gasteiger partial charge in [-0.05, 0) is 43.6 Å². The topological polar surface area (TPSA) is 33.6 Å². The Hall–Kier alpha value is -1.42. The third-order valence-corrected chi connectivity index (χ3v) is 3.25. The Morgan fingerprint density at radius 2 is 2.06 bits per heavy atom. The molecule has 0 spiro atoms. The van der Waals surface area contributed by atoms with Crippen LogP contribution in [0.15, 0.2) is 18.2 Å². The molecule has 1 aromatic carbocycles. The van der Waals surface area contributed by atoms with Gasteiger partial charge in [0.15, 0.2) is 10.6 Å². The highest BCUT2D eigenvalue weighted by Crippen LogP contribution is 2.23. The molecule has 0 saturated heterocycles. The number of benzene rings is 1. The Kier molecular flexibility index (Phi) is 3.66. The smallest absolute Gasteiger partial charge is 0.195 e. The molecule has 0 amide bonds. The Bertz CT molecular complexity index is 608. The fourth-order valence-corrected chi connectivity index (χ4v) is 2.24. The first-order chi connectivity index (χ1) is 8.49. The molecule has 0 aliphatic heterocycles. The van der Waals surface area contributed by atoms with E-state index >= 15 is 0 Å². The number of rotatable bonds is 3. The molecule has 1 heterocycles. The molecule has 0 fully saturated rings. The van der Waals surface area contributed by atoms with Crippen molar-refractivity contribution in [1.82, 2.24) is 14.8 Å². The molecular formula is C14H19N3S. The Labute approximate surface area is 113 Å². The van der Waals surface area contributed by atoms with Crippen molar-refractivity contribution in [2.24, 2.45) is 5.92 Å². The van der Waals surface area contributed by atoms with Crippen LogP contribution in [0.5, 0.6) is 0 Å². The molecule has 0 saturated carbocycles. The lowest BCUT2D eigenvalue weighted by Crippen LogP contribution is -2.07. The van der Waals surface area contributed by atoms with Gasteiger partial charge in [0.1, 0.15) is 0 Å². The lowest BCUT2D eigenvalue weighted by atomic mass is 10.0. The highest BCUT2D eigenvalue weighted by atomic mass is 32.1. The first-order valence-electron chi connectivity index (χ1n) is 6.22. The number of aromatic amines is 1. The summed E-state index contributed by atoms with van der Waals surface area (Å²) in [6, 6.07) is 6.41. The summed E-state index contributed by atoms with van der Waals surface area (Å²) in [7, 11) is 0. The van der Waals surface area contributed by atoms with Crippen molar-refractivity contribution >= 4 is 12.2 Å². The standard InChI is InChI=1S/C14H19N3S/c1-9(2)8-17-13(15-16-14(17)18)12-7-10(3)5-6-11(12)4/h5-7,9H,8H2,1-4H3,(H,16,18). The fraction of sp³-hybridized carbons (Fsp3) is 0.429. The summed E-state index contributed by atoms with van der Waals surface area (Å²) in [5, 5.41) is 7.29. The van der Waals surface area contributed by atoms with E-state index in [0.29, 0.717) is 10.7 Å². The zero-order chi connectivity index (χ0) is 13.3. The summed E-state index contributed by atoms with van der Waals surface area (Å²) in [6.45, 7) is 9.45. The highest BCUT2D eigenvalue weighted by Gasteiger charge is 2.12. The zero-order valence-corrected chi connectivity index (χ0v) is 12.1. The Morgan fingerprint density at radius 3 is 2.72 bits per heavy atom. The van der Waals surface area contributed by atoms with Gasteiger partial charge in [-0.3, -0.25) is 9.67 Å². The second kappa shape index (κ2) is 5.06. The maximum Gasteiger partial charge on any atom is 0.195 e. The number of nitrogens with one attached hydrogen (secondary N) is 1. The van der Waals surface area contributed by atoms with E-state index in [-0.39, 0.29) is 0 Å². The number of H-pyrrole nitrogens is 1. The van der Waals surface area contributed by atoms with Crippen LogP contribution in [0.3, 0.4) is 0 Å². The molecule has 1 N–H and O–H groups in total. The van der Waals surface area contributed by atoms with E-state index < -0.39 is 0 Å². The van der Waals surface area contributed by atoms with Crippen LogP contribution < -0.4 is 0 Å². The number of aromatic nitrogens is 3. The molecule has 0 radical (unpaired) electrons. The summed E-state index contributed by atoms with van der Waals surface area (Å²) < 4.78 is 2.78. The third-order valence-electron chi connectivity index (χ3n) is 2.94. The molecule has 3 nitrogen and oxygen atoms in total. The van der Waals surface area contributed by atoms with Crippen molar-refractivity contribution in [2.75, 3.05) is 0 Å². The predicted octanol–water partition coefficient (Wildman–Crippen LogP) is 3.88. The van der Waals surface area contributed by atoms with Gasteiger partial charge in [0.2, 0.25) is 0 Å². The summed E-state index contributed by atoms with van der Waals surface area (Å²) in [5.74, 6) is 1.48. The van der Waals surface area contributed by atoms with Crippen molar-refractivity contribution in [3.05, 3.63) is 34.1 Å². The second-order valence-corrected chi connectivity index (χ2v) is 5.56. The second-order valence-electron chi connectivity index (χ2n) is 5.18. The third kappa shape index (κ3) is 2.53. The number of aryl methyl sites for hydroxylation is 2. The van der Waals surface area contributed by atoms with Crippen molar-refractivity contribution < 1.29 is 0 Å². The first kappa shape index (κ1) is 13.0. The predicted molar refractivity (Wildman–Crippen MR) is 77.2 cm³/mol. The lowest BCUT2D eigenvalue weighted by molar-refractivity contribution is 0.521. The van der Waals surface area contributed by atoms with E-state index in [1.54, 1.807) is 0 Å². The van der Waals surface area contributed by atoms with E-state index in [2.05, 4.69) is 60.7 Å². The minimum absolute atomic E-state index is 0.540. The van der Waals surface area contributed by atoms with Crippen LogP contribution in [0.2, 0.25) is 0 Å². The van der Waals surface area contributed by atoms with E-state index in [9.17, 15) is 0 Å². The van der Waals surface area contributed by atoms with E-state index in [1.165, 1.54) is 11.1 Å². The van der Waals surface area contributed by atoms with Crippen LogP contribution in [-0.4, -0.2) is 14.8 Å². The first-order valence-corrected chi connectivity index (χ1v) is 6.62. The Balaban J connectivity index is 2.57. The molecule has 2 rings (SSSR count). The minimum Gasteiger partial charge on any atom is -0.300 e. The molecule has 0 atom stereocenters. The van der Waals surface area contributed by atoms with Gasteiger partial charge in [0, 0.05) is 12.1 Å². The van der Waals surface area contributed by atoms with Gasteiger partial charge in [-0.25, -0.2) is 0 Å². The molecule has 2 aromatic rings. The molecule has 1 aromatic heterocycles. The maximum atomic E-state index is 5.31. The summed E-state index contributed by atoms with van der Waals surface area (Å²) in [4.78, 5) is 0. The largest absolute Gasteiger partial charge is 0.300 e. The van der Waals surface area contributed by atoms with Gasteiger partial charge in [0.25, 0.3) is 0 Å². The maximum absolute atomic E-state index is 5.31. The number of hydrogen-bond acceptors (Lipinski definition) is 2. The molecule has 96 valence electrons. The zero-order valence-electron chi connectivity index (χ0n) is 11.3. The average Bonchev–Trinajstić information content (AvgIpc) is 2.64. The minimum atomic E-state index is 0.540. The van der Waals surface area contributed by atoms with Crippen LogP contribution >= 0.6 is 12.2 Å². The summed E-state index contributed by atoms with van der Waals surface area (Å²) >= 11 is 5.31. The van der Waals surface area contributed by atoms with Crippen molar-refractivity contribution in [1.29, 1.82) is 0 Å². The SMILES string of the molecule is Cc1ccc(C)c(-c2n[nH]c(=S)n2CC(C)C)c1. The number of nitrogens with zero attached hydrogens (tertiary/aromatic N) is 2. The van der Waals surface area contributed by atoms with E-state index in [1.807, 2.05) is 0 Å². The Morgan fingerprint density at radius 1 is 1.33 bits per heavy atom. The van der Waals surface area contributed by atoms with Crippen LogP contribution in [0.25, 0.3) is 11.4 Å². The number of hydrogen-bond donors (Lipinski definition) is 1. The molecular weight excluding hydrogens is 242 g/mol. The van der Waals surface area contributed by atoms with Crippen molar-refractivity contribution in [2.45, 2.75) is 34.2 Å². The van der Waals surface area contributed by atoms with Crippen LogP contribution in [-0.2, 0) is 6.54 Å². The van der Waals surface area contributed by atoms with Gasteiger partial charge in [-0.15, -0.1) is 0 Å². The summed E-state index contributed by atoms with van der Waals surface area (Å²) in [5.41, 5.74) is 3.61. The van der Waals surface area contributed by atoms with Gasteiger partial charge in [-0.2, -0.15) is 5.10 Å². The quantitative estimate of drug-likeness (QED) is 0.851. The molecule has 18 heavy (non-hydrogen) atoms. The molecule has 0 unspecified atom stereocenters. The lowest BCUT2D eigenvalue weighted by Gasteiger charge is -2.11. The van der Waals surface area contributed by atoms with Crippen LogP contribution in [0, 0.1) is 24.5 Å². The normalized spacial score (nSPS) is 11.2. The van der Waals surface area contributed by atoms with E-state index in [0.717, 1.165) is 17.9 Å². The van der Waals surface area contributed by atoms with Crippen molar-refractivity contribution in [3.63, 3.8) is 0 Å². The van der Waals surface area contributed by atoms with Gasteiger partial charge >= 0.3 is 0 Å². The van der Waals surface area contributed by atoms with Crippen molar-refractivity contribution in [3.8, 4) is 11.4 Å². The average molecular weight is 261 g/mol. The highest BCUT2D eigenvalue weighted by molar-refractivity contribution is 7.71. The van der Waals surface area contributed by atoms with E-state index in [4.69, 9.17) is 12.2 Å². The molecule has 0 aliphatic rings. The monoisotopic (exact) mass is 261 g/mol.